The third kappa shape index (κ3) is 48.6. The molecule has 2 unspecified atom stereocenters. The third-order valence-corrected chi connectivity index (χ3v) is 11.9. The number of unbranched alkanes of at least 4 members (excludes halogenated alkanes) is 29. The maximum atomic E-state index is 12.4. The van der Waals surface area contributed by atoms with Crippen molar-refractivity contribution in [1.29, 1.82) is 0 Å². The van der Waals surface area contributed by atoms with Gasteiger partial charge in [0.15, 0.2) is 0 Å². The molecule has 0 fully saturated rings. The lowest BCUT2D eigenvalue weighted by Gasteiger charge is -2.19. The molecule has 0 aromatic heterocycles. The van der Waals surface area contributed by atoms with Crippen molar-refractivity contribution < 1.29 is 15.0 Å². The maximum absolute atomic E-state index is 12.4. The van der Waals surface area contributed by atoms with Gasteiger partial charge in [-0.05, 0) is 77.0 Å². The Morgan fingerprint density at radius 3 is 1.13 bits per heavy atom. The van der Waals surface area contributed by atoms with E-state index in [0.717, 1.165) is 77.0 Å². The Kier molecular flexibility index (Phi) is 50.8. The van der Waals surface area contributed by atoms with Gasteiger partial charge in [-0.3, -0.25) is 4.79 Å². The van der Waals surface area contributed by atoms with Crippen LogP contribution in [-0.4, -0.2) is 34.9 Å². The summed E-state index contributed by atoms with van der Waals surface area (Å²) >= 11 is 0. The van der Waals surface area contributed by atoms with Crippen molar-refractivity contribution in [3.8, 4) is 0 Å². The van der Waals surface area contributed by atoms with Gasteiger partial charge in [-0.25, -0.2) is 0 Å². The van der Waals surface area contributed by atoms with Gasteiger partial charge >= 0.3 is 0 Å². The van der Waals surface area contributed by atoms with Gasteiger partial charge < -0.3 is 15.5 Å². The highest BCUT2D eigenvalue weighted by atomic mass is 16.3. The molecule has 0 spiro atoms. The van der Waals surface area contributed by atoms with Crippen LogP contribution in [0.25, 0.3) is 0 Å². The quantitative estimate of drug-likeness (QED) is 0.0422. The van der Waals surface area contributed by atoms with Crippen LogP contribution >= 0.6 is 0 Å². The predicted octanol–water partition coefficient (Wildman–Crippen LogP) is 17.6. The molecule has 1 amide bonds. The van der Waals surface area contributed by atoms with E-state index in [1.165, 1.54) is 161 Å². The van der Waals surface area contributed by atoms with Crippen molar-refractivity contribution in [2.45, 2.75) is 270 Å². The molecule has 0 aromatic rings. The fourth-order valence-corrected chi connectivity index (χ4v) is 7.81. The second-order valence-corrected chi connectivity index (χ2v) is 17.9. The lowest BCUT2D eigenvalue weighted by Crippen LogP contribution is -2.45. The van der Waals surface area contributed by atoms with Crippen LogP contribution in [0.15, 0.2) is 85.1 Å². The van der Waals surface area contributed by atoms with Crippen molar-refractivity contribution in [3.63, 3.8) is 0 Å². The predicted molar refractivity (Wildman–Crippen MR) is 276 cm³/mol. The van der Waals surface area contributed by atoms with Crippen LogP contribution in [0.5, 0.6) is 0 Å². The van der Waals surface area contributed by atoms with Crippen LogP contribution in [-0.2, 0) is 4.79 Å². The zero-order chi connectivity index (χ0) is 44.9. The average Bonchev–Trinajstić information content (AvgIpc) is 3.28. The number of hydrogen-bond acceptors (Lipinski definition) is 3. The zero-order valence-corrected chi connectivity index (χ0v) is 41.1. The topological polar surface area (TPSA) is 69.6 Å². The second-order valence-electron chi connectivity index (χ2n) is 17.9. The minimum Gasteiger partial charge on any atom is -0.394 e. The Morgan fingerprint density at radius 2 is 0.726 bits per heavy atom. The SMILES string of the molecule is CC/C=C\C/C=C\C/C=C\C/C=C\C/C=C\CCCCCCCC(=O)NC(CO)C(O)/C=C/CC/C=C/CCCCCCCCCCCCCCCCCCCCCCCCC. The maximum Gasteiger partial charge on any atom is 0.220 e. The molecule has 0 heterocycles. The smallest absolute Gasteiger partial charge is 0.220 e. The number of allylic oxidation sites excluding steroid dienone is 13. The summed E-state index contributed by atoms with van der Waals surface area (Å²) in [7, 11) is 0. The van der Waals surface area contributed by atoms with Crippen LogP contribution in [0, 0.1) is 0 Å². The summed E-state index contributed by atoms with van der Waals surface area (Å²) in [4.78, 5) is 12.4. The molecule has 0 aliphatic rings. The molecule has 0 aliphatic heterocycles. The van der Waals surface area contributed by atoms with E-state index in [2.05, 4.69) is 92.1 Å². The third-order valence-electron chi connectivity index (χ3n) is 11.9. The molecule has 0 rings (SSSR count). The van der Waals surface area contributed by atoms with Crippen LogP contribution in [0.3, 0.4) is 0 Å². The molecular weight excluding hydrogens is 759 g/mol. The van der Waals surface area contributed by atoms with Gasteiger partial charge in [-0.15, -0.1) is 0 Å². The monoisotopic (exact) mass is 862 g/mol. The minimum atomic E-state index is -0.877. The van der Waals surface area contributed by atoms with Crippen LogP contribution < -0.4 is 5.32 Å². The van der Waals surface area contributed by atoms with Gasteiger partial charge in [-0.1, -0.05) is 259 Å². The fourth-order valence-electron chi connectivity index (χ4n) is 7.81. The molecule has 358 valence electrons. The van der Waals surface area contributed by atoms with E-state index >= 15 is 0 Å². The molecule has 0 aliphatic carbocycles. The number of carbonyl (C=O) groups excluding carboxylic acids is 1. The average molecular weight is 862 g/mol. The Balaban J connectivity index is 3.59. The van der Waals surface area contributed by atoms with E-state index in [1.54, 1.807) is 6.08 Å². The van der Waals surface area contributed by atoms with Gasteiger partial charge in [0.25, 0.3) is 0 Å². The van der Waals surface area contributed by atoms with Crippen LogP contribution in [0.4, 0.5) is 0 Å². The molecule has 0 bridgehead atoms. The first-order chi connectivity index (χ1) is 30.7. The van der Waals surface area contributed by atoms with Crippen LogP contribution in [0.1, 0.15) is 258 Å². The van der Waals surface area contributed by atoms with Crippen molar-refractivity contribution in [2.24, 2.45) is 0 Å². The lowest BCUT2D eigenvalue weighted by molar-refractivity contribution is -0.123. The number of aliphatic hydroxyl groups excluding tert-OH is 2. The summed E-state index contributed by atoms with van der Waals surface area (Å²) in [6, 6.07) is -0.656. The number of carbonyl (C=O) groups is 1. The van der Waals surface area contributed by atoms with E-state index < -0.39 is 12.1 Å². The van der Waals surface area contributed by atoms with E-state index in [-0.39, 0.29) is 12.5 Å². The number of nitrogens with one attached hydrogen (secondary N) is 1. The zero-order valence-electron chi connectivity index (χ0n) is 41.1. The minimum absolute atomic E-state index is 0.0937. The first kappa shape index (κ1) is 59.6. The van der Waals surface area contributed by atoms with Gasteiger partial charge in [0.1, 0.15) is 0 Å². The van der Waals surface area contributed by atoms with Gasteiger partial charge in [0.2, 0.25) is 5.91 Å². The Labute approximate surface area is 386 Å². The molecule has 0 saturated heterocycles. The number of rotatable bonds is 48. The first-order valence-corrected chi connectivity index (χ1v) is 26.8. The molecule has 0 aromatic carbocycles. The Morgan fingerprint density at radius 1 is 0.403 bits per heavy atom. The van der Waals surface area contributed by atoms with E-state index in [1.807, 2.05) is 6.08 Å². The summed E-state index contributed by atoms with van der Waals surface area (Å²) in [5, 5.41) is 23.1. The molecule has 0 radical (unpaired) electrons. The number of amides is 1. The fraction of sp³-hybridized carbons (Fsp3) is 0.741. The van der Waals surface area contributed by atoms with Crippen molar-refractivity contribution >= 4 is 5.91 Å². The molecule has 2 atom stereocenters. The first-order valence-electron chi connectivity index (χ1n) is 26.8. The van der Waals surface area contributed by atoms with Crippen molar-refractivity contribution in [1.82, 2.24) is 5.32 Å². The standard InChI is InChI=1S/C58H103NO3/c1-3-5-7-9-11-13-15-17-19-21-23-25-26-27-28-29-30-31-32-34-35-37-39-41-43-45-47-49-51-53-57(61)56(55-60)59-58(62)54-52-50-48-46-44-42-40-38-36-33-24-22-20-18-16-14-12-10-8-6-4-2/h6,8,12,14,18,20,24,33,38,40,43,45,51,53,56-57,60-61H,3-5,7,9-11,13,15-17,19,21-23,25-32,34-37,39,41-42,44,46-50,52,54-55H2,1-2H3,(H,59,62)/b8-6-,14-12-,20-18-,33-24-,40-38-,45-43+,53-51+. The van der Waals surface area contributed by atoms with Gasteiger partial charge in [0, 0.05) is 6.42 Å². The normalized spacial score (nSPS) is 13.5. The highest BCUT2D eigenvalue weighted by Gasteiger charge is 2.17. The Bertz CT molecular complexity index is 1110. The summed E-state index contributed by atoms with van der Waals surface area (Å²) in [5.74, 6) is -0.0937. The highest BCUT2D eigenvalue weighted by Crippen LogP contribution is 2.16. The second kappa shape index (κ2) is 52.9. The molecular formula is C58H103NO3. The lowest BCUT2D eigenvalue weighted by atomic mass is 10.0. The summed E-state index contributed by atoms with van der Waals surface area (Å²) < 4.78 is 0. The number of aliphatic hydroxyl groups is 2. The highest BCUT2D eigenvalue weighted by molar-refractivity contribution is 5.76. The summed E-state index contributed by atoms with van der Waals surface area (Å²) in [6.45, 7) is 4.19. The van der Waals surface area contributed by atoms with E-state index in [4.69, 9.17) is 0 Å². The molecule has 0 saturated carbocycles. The summed E-state index contributed by atoms with van der Waals surface area (Å²) in [5.41, 5.74) is 0. The molecule has 62 heavy (non-hydrogen) atoms. The van der Waals surface area contributed by atoms with Crippen molar-refractivity contribution in [3.05, 3.63) is 85.1 Å². The largest absolute Gasteiger partial charge is 0.394 e. The van der Waals surface area contributed by atoms with Crippen molar-refractivity contribution in [2.75, 3.05) is 6.61 Å². The number of hydrogen-bond donors (Lipinski definition) is 3. The molecule has 4 nitrogen and oxygen atoms in total. The summed E-state index contributed by atoms with van der Waals surface area (Å²) in [6.07, 6.45) is 77.4. The van der Waals surface area contributed by atoms with E-state index in [0.29, 0.717) is 6.42 Å². The molecule has 4 heteroatoms. The van der Waals surface area contributed by atoms with Gasteiger partial charge in [-0.2, -0.15) is 0 Å². The van der Waals surface area contributed by atoms with E-state index in [9.17, 15) is 15.0 Å². The van der Waals surface area contributed by atoms with Crippen LogP contribution in [0.2, 0.25) is 0 Å². The molecule has 3 N–H and O–H groups in total. The Hall–Kier alpha value is -2.43. The van der Waals surface area contributed by atoms with Gasteiger partial charge in [0.05, 0.1) is 18.8 Å².